The van der Waals surface area contributed by atoms with E-state index in [0.29, 0.717) is 6.42 Å². The van der Waals surface area contributed by atoms with E-state index in [9.17, 15) is 9.90 Å². The lowest BCUT2D eigenvalue weighted by Gasteiger charge is -2.09. The van der Waals surface area contributed by atoms with Crippen LogP contribution >= 0.6 is 0 Å². The fraction of sp³-hybridized carbons (Fsp3) is 0.944. The van der Waals surface area contributed by atoms with Crippen LogP contribution in [0.25, 0.3) is 0 Å². The number of carbonyl (C=O) groups is 1. The second-order valence-corrected chi connectivity index (χ2v) is 6.26. The van der Waals surface area contributed by atoms with E-state index in [1.54, 1.807) is 0 Å². The summed E-state index contributed by atoms with van der Waals surface area (Å²) in [7, 11) is 0. The molecule has 0 radical (unpaired) electrons. The van der Waals surface area contributed by atoms with Gasteiger partial charge in [0.2, 0.25) is 0 Å². The zero-order valence-electron chi connectivity index (χ0n) is 14.0. The fourth-order valence-corrected chi connectivity index (χ4v) is 2.67. The van der Waals surface area contributed by atoms with E-state index in [1.165, 1.54) is 57.8 Å². The van der Waals surface area contributed by atoms with Crippen LogP contribution in [0.5, 0.6) is 0 Å². The zero-order chi connectivity index (χ0) is 15.8. The minimum absolute atomic E-state index is 0.0780. The number of rotatable bonds is 16. The highest BCUT2D eigenvalue weighted by Crippen LogP contribution is 2.14. The number of aliphatic carboxylic acids is 1. The number of carboxylic acid groups (broad SMARTS) is 1. The molecule has 126 valence electrons. The molecule has 0 bridgehead atoms. The summed E-state index contributed by atoms with van der Waals surface area (Å²) in [5.41, 5.74) is 0. The maximum Gasteiger partial charge on any atom is 0.303 e. The molecule has 0 aromatic rings. The molecule has 2 N–H and O–H groups in total. The largest absolute Gasteiger partial charge is 0.481 e. The lowest BCUT2D eigenvalue weighted by molar-refractivity contribution is -0.137. The van der Waals surface area contributed by atoms with Crippen molar-refractivity contribution in [2.45, 2.75) is 109 Å². The van der Waals surface area contributed by atoms with Gasteiger partial charge < -0.3 is 10.2 Å². The van der Waals surface area contributed by atoms with Gasteiger partial charge in [-0.25, -0.2) is 0 Å². The van der Waals surface area contributed by atoms with Gasteiger partial charge in [0.15, 0.2) is 0 Å². The van der Waals surface area contributed by atoms with E-state index in [-0.39, 0.29) is 6.10 Å². The molecule has 21 heavy (non-hydrogen) atoms. The van der Waals surface area contributed by atoms with Crippen LogP contribution in [0.2, 0.25) is 0 Å². The third kappa shape index (κ3) is 17.4. The van der Waals surface area contributed by atoms with Crippen molar-refractivity contribution in [1.29, 1.82) is 0 Å². The quantitative estimate of drug-likeness (QED) is 0.380. The van der Waals surface area contributed by atoms with Crippen molar-refractivity contribution in [2.75, 3.05) is 0 Å². The molecule has 0 amide bonds. The summed E-state index contributed by atoms with van der Waals surface area (Å²) in [5.74, 6) is -0.674. The molecule has 0 spiro atoms. The number of aliphatic hydroxyl groups excluding tert-OH is 1. The van der Waals surface area contributed by atoms with Crippen LogP contribution in [0.1, 0.15) is 103 Å². The van der Waals surface area contributed by atoms with Gasteiger partial charge in [-0.2, -0.15) is 0 Å². The van der Waals surface area contributed by atoms with E-state index >= 15 is 0 Å². The molecule has 0 saturated heterocycles. The number of hydrogen-bond donors (Lipinski definition) is 2. The Labute approximate surface area is 131 Å². The summed E-state index contributed by atoms with van der Waals surface area (Å²) in [5, 5.41) is 18.3. The molecule has 0 aromatic heterocycles. The molecular weight excluding hydrogens is 264 g/mol. The third-order valence-electron chi connectivity index (χ3n) is 4.07. The second kappa shape index (κ2) is 15.8. The normalized spacial score (nSPS) is 12.5. The van der Waals surface area contributed by atoms with Gasteiger partial charge in [-0.15, -0.1) is 0 Å². The standard InChI is InChI=1S/C18H36O3/c1-2-3-11-14-17(19)15-12-9-7-5-4-6-8-10-13-16-18(20)21/h17,19H,2-16H2,1H3,(H,20,21)/t17-/m1/s1. The number of unbranched alkanes of at least 4 members (excludes halogenated alkanes) is 10. The van der Waals surface area contributed by atoms with Crippen molar-refractivity contribution < 1.29 is 15.0 Å². The van der Waals surface area contributed by atoms with Crippen molar-refractivity contribution >= 4 is 5.97 Å². The topological polar surface area (TPSA) is 57.5 Å². The first-order chi connectivity index (χ1) is 10.2. The van der Waals surface area contributed by atoms with Gasteiger partial charge >= 0.3 is 5.97 Å². The number of carboxylic acids is 1. The first kappa shape index (κ1) is 20.4. The molecule has 0 fully saturated rings. The van der Waals surface area contributed by atoms with E-state index in [4.69, 9.17) is 5.11 Å². The molecule has 0 heterocycles. The molecule has 3 heteroatoms. The van der Waals surface area contributed by atoms with Crippen molar-refractivity contribution in [3.63, 3.8) is 0 Å². The molecule has 0 saturated carbocycles. The maximum absolute atomic E-state index is 10.3. The lowest BCUT2D eigenvalue weighted by atomic mass is 10.0. The van der Waals surface area contributed by atoms with Crippen molar-refractivity contribution in [2.24, 2.45) is 0 Å². The van der Waals surface area contributed by atoms with Gasteiger partial charge in [-0.1, -0.05) is 77.6 Å². The Kier molecular flexibility index (Phi) is 15.4. The SMILES string of the molecule is CCCCC[C@@H](O)CCCCCCCCCCCC(=O)O. The summed E-state index contributed by atoms with van der Waals surface area (Å²) in [4.78, 5) is 10.3. The molecule has 0 aliphatic carbocycles. The first-order valence-electron chi connectivity index (χ1n) is 9.06. The Morgan fingerprint density at radius 2 is 1.19 bits per heavy atom. The molecule has 0 aliphatic heterocycles. The summed E-state index contributed by atoms with van der Waals surface area (Å²) in [6.45, 7) is 2.19. The lowest BCUT2D eigenvalue weighted by Crippen LogP contribution is -2.05. The number of hydrogen-bond acceptors (Lipinski definition) is 2. The van der Waals surface area contributed by atoms with Gasteiger partial charge in [0, 0.05) is 6.42 Å². The van der Waals surface area contributed by atoms with Crippen molar-refractivity contribution in [3.05, 3.63) is 0 Å². The monoisotopic (exact) mass is 300 g/mol. The Balaban J connectivity index is 3.10. The average molecular weight is 300 g/mol. The summed E-state index contributed by atoms with van der Waals surface area (Å²) < 4.78 is 0. The van der Waals surface area contributed by atoms with E-state index in [1.807, 2.05) is 0 Å². The molecule has 0 unspecified atom stereocenters. The minimum Gasteiger partial charge on any atom is -0.481 e. The minimum atomic E-state index is -0.674. The molecule has 0 rings (SSSR count). The van der Waals surface area contributed by atoms with Crippen LogP contribution in [0.3, 0.4) is 0 Å². The van der Waals surface area contributed by atoms with Crippen LogP contribution in [0.4, 0.5) is 0 Å². The fourth-order valence-electron chi connectivity index (χ4n) is 2.67. The van der Waals surface area contributed by atoms with Gasteiger partial charge in [0.25, 0.3) is 0 Å². The summed E-state index contributed by atoms with van der Waals surface area (Å²) >= 11 is 0. The first-order valence-corrected chi connectivity index (χ1v) is 9.06. The molecule has 0 aromatic carbocycles. The maximum atomic E-state index is 10.3. The molecular formula is C18H36O3. The van der Waals surface area contributed by atoms with Gasteiger partial charge in [-0.3, -0.25) is 4.79 Å². The van der Waals surface area contributed by atoms with E-state index in [0.717, 1.165) is 32.1 Å². The average Bonchev–Trinajstić information content (AvgIpc) is 2.44. The van der Waals surface area contributed by atoms with Crippen LogP contribution < -0.4 is 0 Å². The van der Waals surface area contributed by atoms with Gasteiger partial charge in [0.05, 0.1) is 6.10 Å². The highest BCUT2D eigenvalue weighted by Gasteiger charge is 2.03. The zero-order valence-corrected chi connectivity index (χ0v) is 14.0. The Hall–Kier alpha value is -0.570. The molecule has 1 atom stereocenters. The number of aliphatic hydroxyl groups is 1. The second-order valence-electron chi connectivity index (χ2n) is 6.26. The van der Waals surface area contributed by atoms with Crippen LogP contribution in [-0.2, 0) is 4.79 Å². The molecule has 3 nitrogen and oxygen atoms in total. The smallest absolute Gasteiger partial charge is 0.303 e. The Bertz CT molecular complexity index is 229. The van der Waals surface area contributed by atoms with Gasteiger partial charge in [-0.05, 0) is 19.3 Å². The van der Waals surface area contributed by atoms with Crippen LogP contribution in [0, 0.1) is 0 Å². The van der Waals surface area contributed by atoms with Crippen molar-refractivity contribution in [1.82, 2.24) is 0 Å². The third-order valence-corrected chi connectivity index (χ3v) is 4.07. The van der Waals surface area contributed by atoms with E-state index < -0.39 is 5.97 Å². The van der Waals surface area contributed by atoms with Gasteiger partial charge in [0.1, 0.15) is 0 Å². The van der Waals surface area contributed by atoms with Crippen LogP contribution in [0.15, 0.2) is 0 Å². The Morgan fingerprint density at radius 1 is 0.762 bits per heavy atom. The highest BCUT2D eigenvalue weighted by molar-refractivity contribution is 5.66. The van der Waals surface area contributed by atoms with Crippen molar-refractivity contribution in [3.8, 4) is 0 Å². The molecule has 0 aliphatic rings. The summed E-state index contributed by atoms with van der Waals surface area (Å²) in [6, 6.07) is 0. The predicted molar refractivity (Wildman–Crippen MR) is 88.6 cm³/mol. The Morgan fingerprint density at radius 3 is 1.67 bits per heavy atom. The summed E-state index contributed by atoms with van der Waals surface area (Å²) in [6.07, 6.45) is 16.3. The van der Waals surface area contributed by atoms with E-state index in [2.05, 4.69) is 6.92 Å². The highest BCUT2D eigenvalue weighted by atomic mass is 16.4. The van der Waals surface area contributed by atoms with Crippen LogP contribution in [-0.4, -0.2) is 22.3 Å². The predicted octanol–water partition coefficient (Wildman–Crippen LogP) is 5.30.